The molecule has 210 valence electrons. The van der Waals surface area contributed by atoms with Gasteiger partial charge < -0.3 is 27.1 Å². The van der Waals surface area contributed by atoms with Gasteiger partial charge in [0.05, 0.1) is 52.5 Å². The third-order valence-electron chi connectivity index (χ3n) is 3.93. The van der Waals surface area contributed by atoms with Crippen LogP contribution >= 0.6 is 22.8 Å². The van der Waals surface area contributed by atoms with Gasteiger partial charge in [-0.05, 0) is 101 Å². The molecule has 1 aromatic rings. The van der Waals surface area contributed by atoms with E-state index >= 15 is 0 Å². The zero-order valence-corrected chi connectivity index (χ0v) is 26.4. The Bertz CT molecular complexity index is 809. The van der Waals surface area contributed by atoms with E-state index in [1.165, 1.54) is 18.2 Å². The van der Waals surface area contributed by atoms with Crippen LogP contribution in [0.4, 0.5) is 0 Å². The first-order valence-electron chi connectivity index (χ1n) is 12.4. The highest BCUT2D eigenvalue weighted by Crippen LogP contribution is 2.55. The van der Waals surface area contributed by atoms with Crippen molar-refractivity contribution in [3.63, 3.8) is 0 Å². The Kier molecular flexibility index (Phi) is 12.8. The average molecular weight is 571 g/mol. The topological polar surface area (TPSA) is 107 Å². The molecule has 12 heteroatoms. The Labute approximate surface area is 217 Å². The van der Waals surface area contributed by atoms with Crippen LogP contribution in [0.3, 0.4) is 0 Å². The van der Waals surface area contributed by atoms with Crippen LogP contribution in [-0.4, -0.2) is 36.6 Å². The zero-order valence-electron chi connectivity index (χ0n) is 23.7. The summed E-state index contributed by atoms with van der Waals surface area (Å²) in [5, 5.41) is 0.159. The molecule has 0 aliphatic heterocycles. The summed E-state index contributed by atoms with van der Waals surface area (Å²) in [6.45, 7) is 20.7. The minimum atomic E-state index is -3.98. The van der Waals surface area contributed by atoms with Gasteiger partial charge in [0.2, 0.25) is 0 Å². The molecule has 0 atom stereocenters. The van der Waals surface area contributed by atoms with Crippen LogP contribution < -0.4 is 15.9 Å². The standard InChI is InChI=1S/C24H45O9P3/c1-16(2)28-34(25,29-17(3)4)22-13-23(35(26,30-18(5)6)31-19(7)8)15-24(14-22)36(27,32-20(9)10)33-21(11)12/h13-21H,1-12H3. The molecule has 0 aliphatic carbocycles. The van der Waals surface area contributed by atoms with Gasteiger partial charge in [-0.2, -0.15) is 0 Å². The van der Waals surface area contributed by atoms with Crippen LogP contribution in [0.15, 0.2) is 18.2 Å². The molecule has 0 N–H and O–H groups in total. The summed E-state index contributed by atoms with van der Waals surface area (Å²) in [7, 11) is -11.9. The number of rotatable bonds is 15. The van der Waals surface area contributed by atoms with Crippen molar-refractivity contribution >= 4 is 38.7 Å². The number of hydrogen-bond donors (Lipinski definition) is 0. The highest BCUT2D eigenvalue weighted by Gasteiger charge is 2.40. The van der Waals surface area contributed by atoms with Gasteiger partial charge in [0.15, 0.2) is 0 Å². The molecule has 0 aromatic heterocycles. The van der Waals surface area contributed by atoms with E-state index in [4.69, 9.17) is 27.1 Å². The Balaban J connectivity index is 4.08. The van der Waals surface area contributed by atoms with E-state index in [2.05, 4.69) is 0 Å². The third-order valence-corrected chi connectivity index (χ3v) is 10.8. The van der Waals surface area contributed by atoms with Gasteiger partial charge in [-0.1, -0.05) is 0 Å². The van der Waals surface area contributed by atoms with Crippen molar-refractivity contribution in [2.45, 2.75) is 120 Å². The van der Waals surface area contributed by atoms with E-state index in [1.807, 2.05) is 0 Å². The quantitative estimate of drug-likeness (QED) is 0.213. The van der Waals surface area contributed by atoms with Crippen molar-refractivity contribution in [1.29, 1.82) is 0 Å². The van der Waals surface area contributed by atoms with Gasteiger partial charge in [-0.25, -0.2) is 0 Å². The molecule has 0 heterocycles. The average Bonchev–Trinajstić information content (AvgIpc) is 2.63. The summed E-state index contributed by atoms with van der Waals surface area (Å²) in [6.07, 6.45) is -2.76. The van der Waals surface area contributed by atoms with Gasteiger partial charge in [-0.15, -0.1) is 0 Å². The molecule has 0 amide bonds. The molecule has 0 bridgehead atoms. The molecule has 0 saturated carbocycles. The summed E-state index contributed by atoms with van der Waals surface area (Å²) >= 11 is 0. The molecule has 0 aliphatic rings. The molecule has 0 spiro atoms. The van der Waals surface area contributed by atoms with Crippen LogP contribution in [0.5, 0.6) is 0 Å². The summed E-state index contributed by atoms with van der Waals surface area (Å²) in [5.74, 6) is 0. The minimum absolute atomic E-state index is 0.0530. The van der Waals surface area contributed by atoms with Crippen LogP contribution in [-0.2, 0) is 40.8 Å². The van der Waals surface area contributed by atoms with E-state index in [1.54, 1.807) is 83.1 Å². The molecule has 0 fully saturated rings. The van der Waals surface area contributed by atoms with E-state index in [0.29, 0.717) is 0 Å². The first-order chi connectivity index (χ1) is 16.3. The lowest BCUT2D eigenvalue weighted by molar-refractivity contribution is 0.149. The lowest BCUT2D eigenvalue weighted by Gasteiger charge is -2.28. The Hall–Kier alpha value is -0.330. The second-order valence-corrected chi connectivity index (χ2v) is 15.9. The van der Waals surface area contributed by atoms with Crippen molar-refractivity contribution < 1.29 is 40.8 Å². The first-order valence-corrected chi connectivity index (χ1v) is 17.0. The molecule has 0 saturated heterocycles. The fourth-order valence-corrected chi connectivity index (χ4v) is 9.46. The Morgan fingerprint density at radius 3 is 0.639 bits per heavy atom. The molecular formula is C24H45O9P3. The molecular weight excluding hydrogens is 525 g/mol. The van der Waals surface area contributed by atoms with Gasteiger partial charge >= 0.3 is 22.8 Å². The molecule has 0 unspecified atom stereocenters. The van der Waals surface area contributed by atoms with Gasteiger partial charge in [-0.3, -0.25) is 13.7 Å². The van der Waals surface area contributed by atoms with Crippen molar-refractivity contribution in [2.75, 3.05) is 0 Å². The second kappa shape index (κ2) is 13.6. The minimum Gasteiger partial charge on any atom is -0.302 e. The second-order valence-electron chi connectivity index (χ2n) is 10.1. The molecule has 0 radical (unpaired) electrons. The number of hydrogen-bond acceptors (Lipinski definition) is 9. The maximum absolute atomic E-state index is 14.1. The van der Waals surface area contributed by atoms with Crippen LogP contribution in [0, 0.1) is 0 Å². The monoisotopic (exact) mass is 570 g/mol. The Morgan fingerprint density at radius 1 is 0.389 bits per heavy atom. The summed E-state index contributed by atoms with van der Waals surface area (Å²) in [6, 6.07) is 4.24. The lowest BCUT2D eigenvalue weighted by atomic mass is 10.4. The zero-order chi connectivity index (χ0) is 28.1. The highest BCUT2D eigenvalue weighted by atomic mass is 31.2. The molecule has 9 nitrogen and oxygen atoms in total. The van der Waals surface area contributed by atoms with Crippen molar-refractivity contribution in [1.82, 2.24) is 0 Å². The van der Waals surface area contributed by atoms with E-state index < -0.39 is 59.4 Å². The molecule has 1 aromatic carbocycles. The smallest absolute Gasteiger partial charge is 0.302 e. The molecule has 1 rings (SSSR count). The summed E-state index contributed by atoms with van der Waals surface area (Å²) in [5.41, 5.74) is 0. The largest absolute Gasteiger partial charge is 0.361 e. The summed E-state index contributed by atoms with van der Waals surface area (Å²) < 4.78 is 77.0. The van der Waals surface area contributed by atoms with Crippen molar-refractivity contribution in [3.05, 3.63) is 18.2 Å². The maximum atomic E-state index is 14.1. The first kappa shape index (κ1) is 33.7. The van der Waals surface area contributed by atoms with Gasteiger partial charge in [0.25, 0.3) is 0 Å². The maximum Gasteiger partial charge on any atom is 0.361 e. The van der Waals surface area contributed by atoms with Crippen LogP contribution in [0.1, 0.15) is 83.1 Å². The summed E-state index contributed by atoms with van der Waals surface area (Å²) in [4.78, 5) is 0. The van der Waals surface area contributed by atoms with Gasteiger partial charge in [0, 0.05) is 0 Å². The van der Waals surface area contributed by atoms with Crippen molar-refractivity contribution in [2.24, 2.45) is 0 Å². The van der Waals surface area contributed by atoms with E-state index in [-0.39, 0.29) is 15.9 Å². The van der Waals surface area contributed by atoms with Gasteiger partial charge in [0.1, 0.15) is 0 Å². The predicted molar refractivity (Wildman–Crippen MR) is 145 cm³/mol. The lowest BCUT2D eigenvalue weighted by Crippen LogP contribution is -2.29. The Morgan fingerprint density at radius 2 is 0.528 bits per heavy atom. The molecule has 36 heavy (non-hydrogen) atoms. The fourth-order valence-electron chi connectivity index (χ4n) is 3.16. The van der Waals surface area contributed by atoms with Crippen LogP contribution in [0.2, 0.25) is 0 Å². The van der Waals surface area contributed by atoms with Crippen LogP contribution in [0.25, 0.3) is 0 Å². The number of benzene rings is 1. The normalized spacial score (nSPS) is 13.8. The highest BCUT2D eigenvalue weighted by molar-refractivity contribution is 7.65. The third kappa shape index (κ3) is 10.1. The fraction of sp³-hybridized carbons (Fsp3) is 0.750. The predicted octanol–water partition coefficient (Wildman–Crippen LogP) is 6.69. The van der Waals surface area contributed by atoms with E-state index in [9.17, 15) is 13.7 Å². The van der Waals surface area contributed by atoms with Crippen molar-refractivity contribution in [3.8, 4) is 0 Å². The van der Waals surface area contributed by atoms with E-state index in [0.717, 1.165) is 0 Å². The SMILES string of the molecule is CC(C)OP(=O)(OC(C)C)c1cc(P(=O)(OC(C)C)OC(C)C)cc(P(=O)(OC(C)C)OC(C)C)c1.